The van der Waals surface area contributed by atoms with Crippen LogP contribution in [-0.4, -0.2) is 47.9 Å². The fourth-order valence-corrected chi connectivity index (χ4v) is 3.45. The van der Waals surface area contributed by atoms with Crippen LogP contribution >= 0.6 is 35.3 Å². The fraction of sp³-hybridized carbons (Fsp3) is 0.706. The van der Waals surface area contributed by atoms with Crippen molar-refractivity contribution in [1.29, 1.82) is 0 Å². The molecular weight excluding hydrogens is 449 g/mol. The van der Waals surface area contributed by atoms with Crippen molar-refractivity contribution in [1.82, 2.24) is 20.5 Å². The number of carbonyl (C=O) groups is 1. The van der Waals surface area contributed by atoms with Gasteiger partial charge in [-0.3, -0.25) is 4.79 Å². The molecule has 25 heavy (non-hydrogen) atoms. The number of halogens is 1. The fourth-order valence-electron chi connectivity index (χ4n) is 2.57. The van der Waals surface area contributed by atoms with Gasteiger partial charge >= 0.3 is 0 Å². The van der Waals surface area contributed by atoms with Crippen LogP contribution in [0.1, 0.15) is 56.7 Å². The molecule has 1 aliphatic rings. The highest BCUT2D eigenvalue weighted by Crippen LogP contribution is 2.18. The minimum atomic E-state index is 0. The molecule has 0 atom stereocenters. The summed E-state index contributed by atoms with van der Waals surface area (Å²) in [5, 5.41) is 9.75. The molecule has 1 aliphatic heterocycles. The summed E-state index contributed by atoms with van der Waals surface area (Å²) < 4.78 is 0. The Morgan fingerprint density at radius 2 is 2.24 bits per heavy atom. The highest BCUT2D eigenvalue weighted by molar-refractivity contribution is 14.0. The third kappa shape index (κ3) is 7.47. The number of hydrogen-bond acceptors (Lipinski definition) is 4. The summed E-state index contributed by atoms with van der Waals surface area (Å²) in [5.41, 5.74) is 1.14. The molecule has 0 bridgehead atoms. The number of rotatable bonds is 8. The molecule has 2 heterocycles. The third-order valence-corrected chi connectivity index (χ3v) is 4.80. The predicted octanol–water partition coefficient (Wildman–Crippen LogP) is 2.95. The second-order valence-electron chi connectivity index (χ2n) is 6.28. The van der Waals surface area contributed by atoms with Crippen LogP contribution in [0.25, 0.3) is 0 Å². The van der Waals surface area contributed by atoms with Gasteiger partial charge in [-0.2, -0.15) is 0 Å². The quantitative estimate of drug-likeness (QED) is 0.261. The molecule has 1 aromatic heterocycles. The Morgan fingerprint density at radius 1 is 1.44 bits per heavy atom. The minimum Gasteiger partial charge on any atom is -0.357 e. The molecule has 1 fully saturated rings. The molecule has 0 aliphatic carbocycles. The van der Waals surface area contributed by atoms with Gasteiger partial charge in [0.25, 0.3) is 0 Å². The van der Waals surface area contributed by atoms with Crippen LogP contribution in [0.3, 0.4) is 0 Å². The van der Waals surface area contributed by atoms with Gasteiger partial charge in [0, 0.05) is 38.0 Å². The summed E-state index contributed by atoms with van der Waals surface area (Å²) in [6.07, 6.45) is 2.65. The van der Waals surface area contributed by atoms with E-state index in [0.29, 0.717) is 24.8 Å². The molecule has 2 rings (SSSR count). The summed E-state index contributed by atoms with van der Waals surface area (Å²) in [6.45, 7) is 10.3. The van der Waals surface area contributed by atoms with Crippen LogP contribution in [-0.2, 0) is 11.3 Å². The maximum Gasteiger partial charge on any atom is 0.222 e. The van der Waals surface area contributed by atoms with Crippen molar-refractivity contribution in [3.05, 3.63) is 16.1 Å². The van der Waals surface area contributed by atoms with Gasteiger partial charge in [0.15, 0.2) is 5.96 Å². The number of nitrogens with zero attached hydrogens (tertiary/aromatic N) is 3. The standard InChI is InChI=1S/C17H29N5OS.HI/c1-4-18-17(19-8-6-10-22-9-5-7-16(22)23)20-11-15-21-14(12-24-15)13(2)3;/h12-13H,4-11H2,1-3H3,(H2,18,19,20);1H. The number of aliphatic imine (C=N–C) groups is 1. The van der Waals surface area contributed by atoms with E-state index in [0.717, 1.165) is 55.7 Å². The first-order valence-corrected chi connectivity index (χ1v) is 9.72. The van der Waals surface area contributed by atoms with Crippen molar-refractivity contribution >= 4 is 47.2 Å². The van der Waals surface area contributed by atoms with Gasteiger partial charge in [-0.15, -0.1) is 35.3 Å². The van der Waals surface area contributed by atoms with Crippen molar-refractivity contribution in [2.24, 2.45) is 4.99 Å². The smallest absolute Gasteiger partial charge is 0.222 e. The first kappa shape index (κ1) is 22.1. The van der Waals surface area contributed by atoms with E-state index in [-0.39, 0.29) is 24.0 Å². The first-order chi connectivity index (χ1) is 11.6. The Balaban J connectivity index is 0.00000312. The second-order valence-corrected chi connectivity index (χ2v) is 7.22. The van der Waals surface area contributed by atoms with E-state index in [4.69, 9.17) is 0 Å². The lowest BCUT2D eigenvalue weighted by atomic mass is 10.2. The molecule has 1 amide bonds. The summed E-state index contributed by atoms with van der Waals surface area (Å²) in [6, 6.07) is 0. The average molecular weight is 479 g/mol. The van der Waals surface area contributed by atoms with E-state index >= 15 is 0 Å². The average Bonchev–Trinajstić information content (AvgIpc) is 3.18. The van der Waals surface area contributed by atoms with Gasteiger partial charge in [-0.1, -0.05) is 13.8 Å². The highest BCUT2D eigenvalue weighted by atomic mass is 127. The van der Waals surface area contributed by atoms with Gasteiger partial charge in [0.1, 0.15) is 5.01 Å². The third-order valence-electron chi connectivity index (χ3n) is 3.95. The van der Waals surface area contributed by atoms with Crippen molar-refractivity contribution in [3.8, 4) is 0 Å². The molecular formula is C17H30IN5OS. The summed E-state index contributed by atoms with van der Waals surface area (Å²) in [4.78, 5) is 22.7. The Hall–Kier alpha value is -0.900. The highest BCUT2D eigenvalue weighted by Gasteiger charge is 2.18. The maximum absolute atomic E-state index is 11.6. The van der Waals surface area contributed by atoms with E-state index < -0.39 is 0 Å². The molecule has 0 unspecified atom stereocenters. The molecule has 1 saturated heterocycles. The van der Waals surface area contributed by atoms with Crippen LogP contribution in [0, 0.1) is 0 Å². The van der Waals surface area contributed by atoms with Crippen molar-refractivity contribution in [2.45, 2.75) is 52.5 Å². The van der Waals surface area contributed by atoms with Crippen LogP contribution < -0.4 is 10.6 Å². The lowest BCUT2D eigenvalue weighted by Crippen LogP contribution is -2.39. The van der Waals surface area contributed by atoms with Gasteiger partial charge < -0.3 is 15.5 Å². The van der Waals surface area contributed by atoms with Gasteiger partial charge in [-0.25, -0.2) is 9.98 Å². The predicted molar refractivity (Wildman–Crippen MR) is 115 cm³/mol. The molecule has 0 radical (unpaired) electrons. The van der Waals surface area contributed by atoms with Crippen LogP contribution in [0.15, 0.2) is 10.4 Å². The lowest BCUT2D eigenvalue weighted by Gasteiger charge is -2.16. The van der Waals surface area contributed by atoms with Gasteiger partial charge in [0.2, 0.25) is 5.91 Å². The van der Waals surface area contributed by atoms with Gasteiger partial charge in [-0.05, 0) is 25.7 Å². The van der Waals surface area contributed by atoms with E-state index in [9.17, 15) is 4.79 Å². The van der Waals surface area contributed by atoms with E-state index in [1.807, 2.05) is 4.90 Å². The number of nitrogens with one attached hydrogen (secondary N) is 2. The Labute approximate surface area is 171 Å². The summed E-state index contributed by atoms with van der Waals surface area (Å²) in [7, 11) is 0. The monoisotopic (exact) mass is 479 g/mol. The molecule has 2 N–H and O–H groups in total. The molecule has 6 nitrogen and oxygen atoms in total. The zero-order chi connectivity index (χ0) is 17.4. The Morgan fingerprint density at radius 3 is 2.84 bits per heavy atom. The number of guanidine groups is 1. The van der Waals surface area contributed by atoms with E-state index in [1.165, 1.54) is 0 Å². The van der Waals surface area contributed by atoms with Crippen LogP contribution in [0.5, 0.6) is 0 Å². The molecule has 8 heteroatoms. The summed E-state index contributed by atoms with van der Waals surface area (Å²) in [5.74, 6) is 1.56. The summed E-state index contributed by atoms with van der Waals surface area (Å²) >= 11 is 1.67. The maximum atomic E-state index is 11.6. The van der Waals surface area contributed by atoms with E-state index in [1.54, 1.807) is 11.3 Å². The molecule has 1 aromatic rings. The Bertz CT molecular complexity index is 561. The molecule has 0 spiro atoms. The molecule has 142 valence electrons. The first-order valence-electron chi connectivity index (χ1n) is 8.84. The topological polar surface area (TPSA) is 69.6 Å². The minimum absolute atomic E-state index is 0. The number of likely N-dealkylation sites (tertiary alicyclic amines) is 1. The zero-order valence-corrected chi connectivity index (χ0v) is 18.5. The number of carbonyl (C=O) groups excluding carboxylic acids is 1. The Kier molecular flexibility index (Phi) is 10.3. The lowest BCUT2D eigenvalue weighted by molar-refractivity contribution is -0.127. The second kappa shape index (κ2) is 11.7. The normalized spacial score (nSPS) is 14.8. The van der Waals surface area contributed by atoms with Crippen molar-refractivity contribution in [3.63, 3.8) is 0 Å². The number of aromatic nitrogens is 1. The number of hydrogen-bond donors (Lipinski definition) is 2. The SMILES string of the molecule is CCNC(=NCc1nc(C(C)C)cs1)NCCCN1CCCC1=O.I. The van der Waals surface area contributed by atoms with E-state index in [2.05, 4.69) is 46.8 Å². The van der Waals surface area contributed by atoms with Crippen LogP contribution in [0.2, 0.25) is 0 Å². The number of thiazole rings is 1. The zero-order valence-electron chi connectivity index (χ0n) is 15.4. The van der Waals surface area contributed by atoms with Crippen LogP contribution in [0.4, 0.5) is 0 Å². The van der Waals surface area contributed by atoms with Crippen molar-refractivity contribution < 1.29 is 4.79 Å². The molecule has 0 aromatic carbocycles. The van der Waals surface area contributed by atoms with Gasteiger partial charge in [0.05, 0.1) is 12.2 Å². The molecule has 0 saturated carbocycles. The largest absolute Gasteiger partial charge is 0.357 e. The number of amides is 1. The van der Waals surface area contributed by atoms with Crippen molar-refractivity contribution in [2.75, 3.05) is 26.2 Å².